The van der Waals surface area contributed by atoms with Crippen molar-refractivity contribution in [2.24, 2.45) is 0 Å². The molecule has 0 unspecified atom stereocenters. The molecular weight excluding hydrogens is 314 g/mol. The van der Waals surface area contributed by atoms with Crippen molar-refractivity contribution in [3.05, 3.63) is 54.2 Å². The van der Waals surface area contributed by atoms with Crippen LogP contribution in [0.3, 0.4) is 0 Å². The molecule has 6 nitrogen and oxygen atoms in total. The Bertz CT molecular complexity index is 731. The van der Waals surface area contributed by atoms with Crippen LogP contribution in [0, 0.1) is 11.3 Å². The number of nitriles is 1. The van der Waals surface area contributed by atoms with Gasteiger partial charge in [0.15, 0.2) is 0 Å². The SMILES string of the molecule is N#Cc1ccc(NCCC(=O)N2CCN(c3ccccn3)CC2)cc1. The van der Waals surface area contributed by atoms with Crippen molar-refractivity contribution in [1.29, 1.82) is 5.26 Å². The lowest BCUT2D eigenvalue weighted by molar-refractivity contribution is -0.131. The van der Waals surface area contributed by atoms with Gasteiger partial charge in [-0.1, -0.05) is 6.07 Å². The summed E-state index contributed by atoms with van der Waals surface area (Å²) in [5.41, 5.74) is 1.55. The van der Waals surface area contributed by atoms with Crippen LogP contribution in [0.25, 0.3) is 0 Å². The van der Waals surface area contributed by atoms with Gasteiger partial charge in [-0.2, -0.15) is 5.26 Å². The van der Waals surface area contributed by atoms with Crippen molar-refractivity contribution in [3.63, 3.8) is 0 Å². The van der Waals surface area contributed by atoms with Gasteiger partial charge >= 0.3 is 0 Å². The number of aromatic nitrogens is 1. The molecule has 2 aromatic rings. The Morgan fingerprint density at radius 2 is 1.88 bits per heavy atom. The highest BCUT2D eigenvalue weighted by Crippen LogP contribution is 2.13. The highest BCUT2D eigenvalue weighted by atomic mass is 16.2. The molecular formula is C19H21N5O. The quantitative estimate of drug-likeness (QED) is 0.906. The average molecular weight is 335 g/mol. The molecule has 0 atom stereocenters. The first-order chi connectivity index (χ1) is 12.3. The maximum atomic E-state index is 12.3. The topological polar surface area (TPSA) is 72.3 Å². The third kappa shape index (κ3) is 4.48. The number of anilines is 2. The predicted octanol–water partition coefficient (Wildman–Crippen LogP) is 2.10. The van der Waals surface area contributed by atoms with Crippen molar-refractivity contribution in [2.45, 2.75) is 6.42 Å². The number of hydrogen-bond donors (Lipinski definition) is 1. The Balaban J connectivity index is 1.41. The molecule has 1 aromatic heterocycles. The van der Waals surface area contributed by atoms with Gasteiger partial charge < -0.3 is 15.1 Å². The van der Waals surface area contributed by atoms with Crippen LogP contribution in [-0.2, 0) is 4.79 Å². The number of benzene rings is 1. The van der Waals surface area contributed by atoms with E-state index in [0.29, 0.717) is 18.5 Å². The van der Waals surface area contributed by atoms with Gasteiger partial charge in [0.1, 0.15) is 5.82 Å². The second-order valence-electron chi connectivity index (χ2n) is 5.92. The average Bonchev–Trinajstić information content (AvgIpc) is 2.69. The lowest BCUT2D eigenvalue weighted by atomic mass is 10.2. The number of amides is 1. The van der Waals surface area contributed by atoms with Crippen LogP contribution in [0.2, 0.25) is 0 Å². The fraction of sp³-hybridized carbons (Fsp3) is 0.316. The minimum Gasteiger partial charge on any atom is -0.385 e. The summed E-state index contributed by atoms with van der Waals surface area (Å²) in [7, 11) is 0. The summed E-state index contributed by atoms with van der Waals surface area (Å²) in [6.45, 7) is 3.67. The van der Waals surface area contributed by atoms with E-state index >= 15 is 0 Å². The van der Waals surface area contributed by atoms with E-state index in [1.807, 2.05) is 35.2 Å². The van der Waals surface area contributed by atoms with Crippen molar-refractivity contribution in [1.82, 2.24) is 9.88 Å². The molecule has 0 radical (unpaired) electrons. The number of piperazine rings is 1. The summed E-state index contributed by atoms with van der Waals surface area (Å²) in [6.07, 6.45) is 2.26. The molecule has 0 spiro atoms. The van der Waals surface area contributed by atoms with Crippen molar-refractivity contribution in [2.75, 3.05) is 42.9 Å². The number of rotatable bonds is 5. The van der Waals surface area contributed by atoms with Crippen molar-refractivity contribution >= 4 is 17.4 Å². The van der Waals surface area contributed by atoms with E-state index in [4.69, 9.17) is 5.26 Å². The summed E-state index contributed by atoms with van der Waals surface area (Å²) < 4.78 is 0. The third-order valence-corrected chi connectivity index (χ3v) is 4.29. The summed E-state index contributed by atoms with van der Waals surface area (Å²) in [4.78, 5) is 20.8. The Hall–Kier alpha value is -3.07. The molecule has 25 heavy (non-hydrogen) atoms. The molecule has 128 valence electrons. The monoisotopic (exact) mass is 335 g/mol. The minimum absolute atomic E-state index is 0.168. The Kier molecular flexibility index (Phi) is 5.47. The van der Waals surface area contributed by atoms with Crippen LogP contribution in [0.1, 0.15) is 12.0 Å². The standard InChI is InChI=1S/C19H21N5O/c20-15-16-4-6-17(7-5-16)21-10-8-19(25)24-13-11-23(12-14-24)18-3-1-2-9-22-18/h1-7,9,21H,8,10-14H2. The molecule has 1 aliphatic heterocycles. The van der Waals surface area contributed by atoms with Gasteiger partial charge in [-0.3, -0.25) is 4.79 Å². The van der Waals surface area contributed by atoms with Crippen molar-refractivity contribution in [3.8, 4) is 6.07 Å². The summed E-state index contributed by atoms with van der Waals surface area (Å²) >= 11 is 0. The fourth-order valence-corrected chi connectivity index (χ4v) is 2.86. The Morgan fingerprint density at radius 3 is 2.52 bits per heavy atom. The number of pyridine rings is 1. The molecule has 6 heteroatoms. The number of nitrogens with zero attached hydrogens (tertiary/aromatic N) is 4. The minimum atomic E-state index is 0.168. The van der Waals surface area contributed by atoms with Gasteiger partial charge in [-0.05, 0) is 36.4 Å². The van der Waals surface area contributed by atoms with E-state index in [2.05, 4.69) is 21.3 Å². The normalized spacial score (nSPS) is 14.0. The van der Waals surface area contributed by atoms with E-state index in [1.165, 1.54) is 0 Å². The van der Waals surface area contributed by atoms with E-state index in [9.17, 15) is 4.79 Å². The predicted molar refractivity (Wildman–Crippen MR) is 97.3 cm³/mol. The summed E-state index contributed by atoms with van der Waals surface area (Å²) in [5.74, 6) is 1.14. The maximum Gasteiger partial charge on any atom is 0.224 e. The van der Waals surface area contributed by atoms with E-state index < -0.39 is 0 Å². The molecule has 1 N–H and O–H groups in total. The maximum absolute atomic E-state index is 12.3. The molecule has 1 aliphatic rings. The second-order valence-corrected chi connectivity index (χ2v) is 5.92. The zero-order valence-electron chi connectivity index (χ0n) is 14.1. The molecule has 2 heterocycles. The van der Waals surface area contributed by atoms with Crippen LogP contribution in [0.15, 0.2) is 48.7 Å². The van der Waals surface area contributed by atoms with Crippen LogP contribution in [-0.4, -0.2) is 48.5 Å². The Labute approximate surface area is 147 Å². The smallest absolute Gasteiger partial charge is 0.224 e. The van der Waals surface area contributed by atoms with Gasteiger partial charge in [0.25, 0.3) is 0 Å². The largest absolute Gasteiger partial charge is 0.385 e. The van der Waals surface area contributed by atoms with E-state index in [-0.39, 0.29) is 5.91 Å². The van der Waals surface area contributed by atoms with Gasteiger partial charge in [-0.15, -0.1) is 0 Å². The highest BCUT2D eigenvalue weighted by Gasteiger charge is 2.21. The van der Waals surface area contributed by atoms with Gasteiger partial charge in [0, 0.05) is 51.0 Å². The lowest BCUT2D eigenvalue weighted by Crippen LogP contribution is -2.49. The van der Waals surface area contributed by atoms with Gasteiger partial charge in [0.2, 0.25) is 5.91 Å². The molecule has 3 rings (SSSR count). The Morgan fingerprint density at radius 1 is 1.12 bits per heavy atom. The first-order valence-corrected chi connectivity index (χ1v) is 8.44. The summed E-state index contributed by atoms with van der Waals surface area (Å²) in [5, 5.41) is 12.0. The zero-order chi connectivity index (χ0) is 17.5. The van der Waals surface area contributed by atoms with Gasteiger partial charge in [-0.25, -0.2) is 4.98 Å². The van der Waals surface area contributed by atoms with Crippen LogP contribution >= 0.6 is 0 Å². The molecule has 1 amide bonds. The molecule has 0 aliphatic carbocycles. The van der Waals surface area contributed by atoms with E-state index in [0.717, 1.165) is 37.7 Å². The zero-order valence-corrected chi connectivity index (χ0v) is 14.1. The molecule has 0 saturated carbocycles. The highest BCUT2D eigenvalue weighted by molar-refractivity contribution is 5.77. The van der Waals surface area contributed by atoms with Crippen LogP contribution in [0.5, 0.6) is 0 Å². The second kappa shape index (κ2) is 8.15. The molecule has 1 saturated heterocycles. The summed E-state index contributed by atoms with van der Waals surface area (Å²) in [6, 6.07) is 15.2. The van der Waals surface area contributed by atoms with Crippen LogP contribution < -0.4 is 10.2 Å². The molecule has 1 aromatic carbocycles. The number of hydrogen-bond acceptors (Lipinski definition) is 5. The fourth-order valence-electron chi connectivity index (χ4n) is 2.86. The van der Waals surface area contributed by atoms with Crippen molar-refractivity contribution < 1.29 is 4.79 Å². The third-order valence-electron chi connectivity index (χ3n) is 4.29. The number of carbonyl (C=O) groups is 1. The molecule has 0 bridgehead atoms. The van der Waals surface area contributed by atoms with Gasteiger partial charge in [0.05, 0.1) is 11.6 Å². The number of nitrogens with one attached hydrogen (secondary N) is 1. The van der Waals surface area contributed by atoms with Crippen LogP contribution in [0.4, 0.5) is 11.5 Å². The first-order valence-electron chi connectivity index (χ1n) is 8.44. The number of carbonyl (C=O) groups excluding carboxylic acids is 1. The lowest BCUT2D eigenvalue weighted by Gasteiger charge is -2.35. The van der Waals surface area contributed by atoms with E-state index in [1.54, 1.807) is 18.3 Å². The molecule has 1 fully saturated rings. The first kappa shape index (κ1) is 16.8.